The maximum Gasteiger partial charge on any atom is 0.227 e. The lowest BCUT2D eigenvalue weighted by atomic mass is 9.95. The summed E-state index contributed by atoms with van der Waals surface area (Å²) in [6, 6.07) is 10.6. The highest BCUT2D eigenvalue weighted by atomic mass is 16.2. The van der Waals surface area contributed by atoms with E-state index in [0.717, 1.165) is 37.2 Å². The van der Waals surface area contributed by atoms with Crippen LogP contribution in [0.25, 0.3) is 0 Å². The molecule has 2 saturated heterocycles. The Hall–Kier alpha value is -2.65. The van der Waals surface area contributed by atoms with Crippen LogP contribution in [0.5, 0.6) is 0 Å². The quantitative estimate of drug-likeness (QED) is 0.861. The van der Waals surface area contributed by atoms with Crippen molar-refractivity contribution in [3.8, 4) is 6.07 Å². The van der Waals surface area contributed by atoms with Gasteiger partial charge in [0.1, 0.15) is 0 Å². The largest absolute Gasteiger partial charge is 0.305 e. The lowest BCUT2D eigenvalue weighted by Crippen LogP contribution is -2.52. The highest BCUT2D eigenvalue weighted by molar-refractivity contribution is 5.94. The summed E-state index contributed by atoms with van der Waals surface area (Å²) >= 11 is 0. The van der Waals surface area contributed by atoms with Gasteiger partial charge in [0.05, 0.1) is 29.6 Å². The van der Waals surface area contributed by atoms with Crippen molar-refractivity contribution in [3.63, 3.8) is 0 Å². The zero-order chi connectivity index (χ0) is 17.4. The van der Waals surface area contributed by atoms with Crippen LogP contribution in [-0.4, -0.2) is 39.2 Å². The van der Waals surface area contributed by atoms with E-state index in [9.17, 15) is 4.79 Å². The van der Waals surface area contributed by atoms with E-state index in [1.54, 1.807) is 10.9 Å². The first-order valence-electron chi connectivity index (χ1n) is 8.69. The number of hydrogen-bond donors (Lipinski definition) is 0. The number of benzene rings is 1. The number of anilines is 1. The van der Waals surface area contributed by atoms with Crippen LogP contribution >= 0.6 is 0 Å². The summed E-state index contributed by atoms with van der Waals surface area (Å²) in [4.78, 5) is 16.9. The van der Waals surface area contributed by atoms with Gasteiger partial charge in [-0.05, 0) is 30.5 Å². The van der Waals surface area contributed by atoms with Crippen molar-refractivity contribution >= 4 is 11.6 Å². The molecule has 0 radical (unpaired) electrons. The summed E-state index contributed by atoms with van der Waals surface area (Å²) in [5, 5.41) is 13.3. The van der Waals surface area contributed by atoms with Crippen molar-refractivity contribution < 1.29 is 4.79 Å². The topological polar surface area (TPSA) is 65.2 Å². The van der Waals surface area contributed by atoms with Gasteiger partial charge in [0.15, 0.2) is 0 Å². The van der Waals surface area contributed by atoms with Gasteiger partial charge in [-0.15, -0.1) is 0 Å². The maximum absolute atomic E-state index is 12.5. The number of piperidine rings is 1. The summed E-state index contributed by atoms with van der Waals surface area (Å²) < 4.78 is 1.74. The zero-order valence-electron chi connectivity index (χ0n) is 14.3. The Bertz CT molecular complexity index is 836. The predicted molar refractivity (Wildman–Crippen MR) is 93.7 cm³/mol. The molecule has 1 aromatic heterocycles. The maximum atomic E-state index is 12.5. The monoisotopic (exact) mass is 335 g/mol. The van der Waals surface area contributed by atoms with Crippen LogP contribution < -0.4 is 4.90 Å². The van der Waals surface area contributed by atoms with Gasteiger partial charge in [0, 0.05) is 38.8 Å². The van der Waals surface area contributed by atoms with Crippen LogP contribution in [0.2, 0.25) is 0 Å². The molecule has 4 rings (SSSR count). The highest BCUT2D eigenvalue weighted by Crippen LogP contribution is 2.35. The van der Waals surface area contributed by atoms with Gasteiger partial charge in [-0.25, -0.2) is 0 Å². The predicted octanol–water partition coefficient (Wildman–Crippen LogP) is 2.06. The zero-order valence-corrected chi connectivity index (χ0v) is 14.3. The second-order valence-corrected chi connectivity index (χ2v) is 6.88. The minimum absolute atomic E-state index is 0.197. The molecular formula is C19H21N5O. The lowest BCUT2D eigenvalue weighted by Gasteiger charge is -2.39. The van der Waals surface area contributed by atoms with Crippen LogP contribution in [0.4, 0.5) is 5.69 Å². The van der Waals surface area contributed by atoms with Gasteiger partial charge in [0.25, 0.3) is 0 Å². The summed E-state index contributed by atoms with van der Waals surface area (Å²) in [5.74, 6) is 0.197. The molecule has 0 aliphatic carbocycles. The third-order valence-corrected chi connectivity index (χ3v) is 5.29. The second-order valence-electron chi connectivity index (χ2n) is 6.88. The molecule has 2 aromatic rings. The fraction of sp³-hybridized carbons (Fsp3) is 0.421. The number of aromatic nitrogens is 2. The normalized spacial score (nSPS) is 23.5. The third kappa shape index (κ3) is 2.92. The minimum atomic E-state index is 0.197. The summed E-state index contributed by atoms with van der Waals surface area (Å²) in [6.07, 6.45) is 6.14. The number of nitriles is 1. The molecule has 2 fully saturated rings. The number of aryl methyl sites for hydroxylation is 1. The molecule has 25 heavy (non-hydrogen) atoms. The number of hydrogen-bond acceptors (Lipinski definition) is 4. The first-order valence-corrected chi connectivity index (χ1v) is 8.69. The minimum Gasteiger partial charge on any atom is -0.305 e. The van der Waals surface area contributed by atoms with E-state index >= 15 is 0 Å². The van der Waals surface area contributed by atoms with E-state index in [1.807, 2.05) is 36.3 Å². The van der Waals surface area contributed by atoms with E-state index < -0.39 is 0 Å². The Balaban J connectivity index is 1.55. The molecule has 6 nitrogen and oxygen atoms in total. The Morgan fingerprint density at radius 2 is 2.20 bits per heavy atom. The Labute approximate surface area is 147 Å². The molecule has 0 unspecified atom stereocenters. The van der Waals surface area contributed by atoms with E-state index in [2.05, 4.69) is 22.1 Å². The van der Waals surface area contributed by atoms with Crippen LogP contribution in [-0.2, 0) is 18.4 Å². The smallest absolute Gasteiger partial charge is 0.227 e. The van der Waals surface area contributed by atoms with Crippen molar-refractivity contribution in [2.75, 3.05) is 11.4 Å². The molecule has 2 atom stereocenters. The number of fused-ring (bicyclic) bond motifs is 1. The Morgan fingerprint density at radius 3 is 2.96 bits per heavy atom. The molecule has 2 aliphatic rings. The average molecular weight is 335 g/mol. The molecule has 0 bridgehead atoms. The van der Waals surface area contributed by atoms with Crippen molar-refractivity contribution in [2.24, 2.45) is 7.05 Å². The summed E-state index contributed by atoms with van der Waals surface area (Å²) in [6.45, 7) is 1.79. The van der Waals surface area contributed by atoms with Crippen molar-refractivity contribution in [2.45, 2.75) is 37.9 Å². The van der Waals surface area contributed by atoms with Gasteiger partial charge in [-0.3, -0.25) is 14.4 Å². The molecule has 1 aromatic carbocycles. The van der Waals surface area contributed by atoms with E-state index in [4.69, 9.17) is 5.26 Å². The Kier molecular flexibility index (Phi) is 4.02. The fourth-order valence-corrected chi connectivity index (χ4v) is 4.19. The third-order valence-electron chi connectivity index (χ3n) is 5.29. The average Bonchev–Trinajstić information content (AvgIpc) is 3.21. The van der Waals surface area contributed by atoms with Crippen LogP contribution in [0.15, 0.2) is 36.7 Å². The molecule has 0 saturated carbocycles. The first-order chi connectivity index (χ1) is 12.2. The summed E-state index contributed by atoms with van der Waals surface area (Å²) in [5.41, 5.74) is 2.75. The van der Waals surface area contributed by atoms with E-state index in [0.29, 0.717) is 18.0 Å². The standard InChI is InChI=1S/C19H21N5O/c1-22-13-16(11-21-22)24-18-7-8-23(17(18)5-6-19(24)25)12-15-4-2-3-14(9-15)10-20/h2-4,9,11,13,17-18H,5-8,12H2,1H3/t17-,18-/m1/s1. The van der Waals surface area contributed by atoms with Crippen molar-refractivity contribution in [3.05, 3.63) is 47.8 Å². The second kappa shape index (κ2) is 6.34. The lowest BCUT2D eigenvalue weighted by molar-refractivity contribution is -0.120. The highest BCUT2D eigenvalue weighted by Gasteiger charge is 2.43. The van der Waals surface area contributed by atoms with Crippen molar-refractivity contribution in [1.29, 1.82) is 5.26 Å². The van der Waals surface area contributed by atoms with Crippen LogP contribution in [0.3, 0.4) is 0 Å². The molecule has 0 spiro atoms. The SMILES string of the molecule is Cn1cc(N2C(=O)CC[C@@H]3[C@H]2CCN3Cc2cccc(C#N)c2)cn1. The molecule has 2 aliphatic heterocycles. The molecule has 1 amide bonds. The number of carbonyl (C=O) groups excluding carboxylic acids is 1. The van der Waals surface area contributed by atoms with Gasteiger partial charge in [0.2, 0.25) is 5.91 Å². The number of nitrogens with zero attached hydrogens (tertiary/aromatic N) is 5. The Morgan fingerprint density at radius 1 is 1.32 bits per heavy atom. The molecule has 128 valence electrons. The van der Waals surface area contributed by atoms with Gasteiger partial charge in [-0.2, -0.15) is 10.4 Å². The van der Waals surface area contributed by atoms with Crippen LogP contribution in [0, 0.1) is 11.3 Å². The van der Waals surface area contributed by atoms with E-state index in [1.165, 1.54) is 0 Å². The molecular weight excluding hydrogens is 314 g/mol. The fourth-order valence-electron chi connectivity index (χ4n) is 4.19. The number of carbonyl (C=O) groups is 1. The first kappa shape index (κ1) is 15.9. The molecule has 3 heterocycles. The number of rotatable bonds is 3. The molecule has 0 N–H and O–H groups in total. The van der Waals surface area contributed by atoms with Crippen molar-refractivity contribution in [1.82, 2.24) is 14.7 Å². The van der Waals surface area contributed by atoms with Gasteiger partial charge >= 0.3 is 0 Å². The summed E-state index contributed by atoms with van der Waals surface area (Å²) in [7, 11) is 1.87. The van der Waals surface area contributed by atoms with Gasteiger partial charge < -0.3 is 4.90 Å². The van der Waals surface area contributed by atoms with Crippen LogP contribution in [0.1, 0.15) is 30.4 Å². The van der Waals surface area contributed by atoms with Gasteiger partial charge in [-0.1, -0.05) is 12.1 Å². The number of likely N-dealkylation sites (tertiary alicyclic amines) is 1. The molecule has 6 heteroatoms. The number of amides is 1. The van der Waals surface area contributed by atoms with E-state index in [-0.39, 0.29) is 11.9 Å².